The van der Waals surface area contributed by atoms with E-state index in [-0.39, 0.29) is 11.8 Å². The summed E-state index contributed by atoms with van der Waals surface area (Å²) in [6.45, 7) is 2.11. The van der Waals surface area contributed by atoms with Crippen molar-refractivity contribution >= 4 is 44.9 Å². The van der Waals surface area contributed by atoms with Gasteiger partial charge in [0.05, 0.1) is 40.5 Å². The molecule has 1 amide bonds. The first kappa shape index (κ1) is 23.7. The van der Waals surface area contributed by atoms with Gasteiger partial charge in [0.15, 0.2) is 0 Å². The smallest absolute Gasteiger partial charge is 0.227 e. The van der Waals surface area contributed by atoms with Gasteiger partial charge < -0.3 is 10.3 Å². The summed E-state index contributed by atoms with van der Waals surface area (Å²) >= 11 is 1.76. The zero-order valence-corrected chi connectivity index (χ0v) is 22.3. The molecule has 3 N–H and O–H groups in total. The van der Waals surface area contributed by atoms with Crippen LogP contribution in [0.2, 0.25) is 0 Å². The Morgan fingerprint density at radius 1 is 0.974 bits per heavy atom. The molecule has 0 atom stereocenters. The molecule has 39 heavy (non-hydrogen) atoms. The first-order valence-electron chi connectivity index (χ1n) is 13.3. The first-order chi connectivity index (χ1) is 19.1. The number of aromatic amines is 2. The van der Waals surface area contributed by atoms with Crippen LogP contribution >= 0.6 is 11.3 Å². The Bertz CT molecular complexity index is 1830. The van der Waals surface area contributed by atoms with Crippen molar-refractivity contribution < 1.29 is 4.79 Å². The third-order valence-electron chi connectivity index (χ3n) is 7.49. The Kier molecular flexibility index (Phi) is 5.93. The minimum absolute atomic E-state index is 0.0829. The van der Waals surface area contributed by atoms with Crippen LogP contribution in [-0.4, -0.2) is 36.0 Å². The van der Waals surface area contributed by atoms with E-state index in [9.17, 15) is 4.79 Å². The maximum atomic E-state index is 12.8. The Morgan fingerprint density at radius 2 is 1.85 bits per heavy atom. The topological polar surface area (TPSA) is 112 Å². The van der Waals surface area contributed by atoms with Gasteiger partial charge in [-0.05, 0) is 56.2 Å². The monoisotopic (exact) mass is 533 g/mol. The number of hydrogen-bond acceptors (Lipinski definition) is 6. The summed E-state index contributed by atoms with van der Waals surface area (Å²) in [7, 11) is 0. The van der Waals surface area contributed by atoms with Gasteiger partial charge in [0.25, 0.3) is 0 Å². The van der Waals surface area contributed by atoms with Crippen LogP contribution in [0.1, 0.15) is 37.0 Å². The SMILES string of the molecule is Cc1ccc(-c2cncc3[nH]c(-c4n[nH]c5ccc(-c6cncc(NC(=O)C7CCCCC7)c6)nc45)cc23)s1. The zero-order chi connectivity index (χ0) is 26.3. The molecule has 0 unspecified atom stereocenters. The molecule has 0 saturated heterocycles. The molecule has 8 nitrogen and oxygen atoms in total. The van der Waals surface area contributed by atoms with E-state index in [0.717, 1.165) is 75.8 Å². The lowest BCUT2D eigenvalue weighted by atomic mass is 9.88. The molecule has 0 aliphatic heterocycles. The van der Waals surface area contributed by atoms with Gasteiger partial charge >= 0.3 is 0 Å². The second kappa shape index (κ2) is 9.74. The maximum Gasteiger partial charge on any atom is 0.227 e. The summed E-state index contributed by atoms with van der Waals surface area (Å²) < 4.78 is 0. The van der Waals surface area contributed by atoms with Crippen molar-refractivity contribution in [1.82, 2.24) is 30.1 Å². The van der Waals surface area contributed by atoms with E-state index in [1.807, 2.05) is 30.6 Å². The molecule has 1 aliphatic carbocycles. The fourth-order valence-electron chi connectivity index (χ4n) is 5.46. The number of hydrogen-bond donors (Lipinski definition) is 3. The van der Waals surface area contributed by atoms with Gasteiger partial charge in [0.2, 0.25) is 5.91 Å². The van der Waals surface area contributed by atoms with Gasteiger partial charge in [-0.3, -0.25) is 19.9 Å². The average Bonchev–Trinajstić information content (AvgIpc) is 3.71. The van der Waals surface area contributed by atoms with Gasteiger partial charge in [-0.25, -0.2) is 4.98 Å². The molecular weight excluding hydrogens is 506 g/mol. The quantitative estimate of drug-likeness (QED) is 0.218. The van der Waals surface area contributed by atoms with Crippen LogP contribution in [0, 0.1) is 12.8 Å². The summed E-state index contributed by atoms with van der Waals surface area (Å²) in [5.41, 5.74) is 7.55. The van der Waals surface area contributed by atoms with Gasteiger partial charge in [-0.15, -0.1) is 11.3 Å². The van der Waals surface area contributed by atoms with Crippen molar-refractivity contribution in [3.63, 3.8) is 0 Å². The highest BCUT2D eigenvalue weighted by molar-refractivity contribution is 7.15. The highest BCUT2D eigenvalue weighted by atomic mass is 32.1. The highest BCUT2D eigenvalue weighted by Crippen LogP contribution is 2.36. The minimum Gasteiger partial charge on any atom is -0.352 e. The summed E-state index contributed by atoms with van der Waals surface area (Å²) in [4.78, 5) is 32.5. The van der Waals surface area contributed by atoms with Crippen LogP contribution in [0.4, 0.5) is 5.69 Å². The lowest BCUT2D eigenvalue weighted by Crippen LogP contribution is -2.24. The molecular formula is C30H27N7OS. The Labute approximate surface area is 228 Å². The van der Waals surface area contributed by atoms with Crippen LogP contribution in [-0.2, 0) is 4.79 Å². The number of rotatable bonds is 5. The number of carbonyl (C=O) groups excluding carboxylic acids is 1. The Hall–Kier alpha value is -4.37. The standard InChI is InChI=1S/C30H27N7OS/c1-17-7-10-27(39-17)22-15-32-16-26-21(22)12-25(34-26)29-28-24(36-37-29)9-8-23(35-28)19-11-20(14-31-13-19)33-30(38)18-5-3-2-4-6-18/h7-16,18,34H,2-6H2,1H3,(H,33,38)(H,36,37). The van der Waals surface area contributed by atoms with E-state index in [1.54, 1.807) is 23.7 Å². The second-order valence-corrected chi connectivity index (χ2v) is 11.5. The van der Waals surface area contributed by atoms with Gasteiger partial charge in [-0.2, -0.15) is 5.10 Å². The Balaban J connectivity index is 1.22. The molecule has 0 bridgehead atoms. The summed E-state index contributed by atoms with van der Waals surface area (Å²) in [6, 6.07) is 12.2. The Morgan fingerprint density at radius 3 is 2.69 bits per heavy atom. The number of H-pyrrole nitrogens is 2. The molecule has 0 spiro atoms. The average molecular weight is 534 g/mol. The van der Waals surface area contributed by atoms with Crippen molar-refractivity contribution in [1.29, 1.82) is 0 Å². The molecule has 6 aromatic rings. The maximum absolute atomic E-state index is 12.8. The number of anilines is 1. The molecule has 1 fully saturated rings. The molecule has 1 saturated carbocycles. The molecule has 194 valence electrons. The lowest BCUT2D eigenvalue weighted by Gasteiger charge is -2.20. The third-order valence-corrected chi connectivity index (χ3v) is 8.53. The molecule has 1 aliphatic rings. The first-order valence-corrected chi connectivity index (χ1v) is 14.1. The van der Waals surface area contributed by atoms with E-state index >= 15 is 0 Å². The summed E-state index contributed by atoms with van der Waals surface area (Å²) in [6.07, 6.45) is 12.6. The third kappa shape index (κ3) is 4.48. The van der Waals surface area contributed by atoms with Crippen LogP contribution in [0.5, 0.6) is 0 Å². The number of thiophene rings is 1. The van der Waals surface area contributed by atoms with Gasteiger partial charge in [-0.1, -0.05) is 19.3 Å². The molecule has 0 aromatic carbocycles. The van der Waals surface area contributed by atoms with Gasteiger partial charge in [0.1, 0.15) is 11.2 Å². The van der Waals surface area contributed by atoms with Crippen LogP contribution in [0.15, 0.2) is 61.2 Å². The molecule has 9 heteroatoms. The number of aryl methyl sites for hydroxylation is 1. The van der Waals surface area contributed by atoms with Crippen molar-refractivity contribution in [2.75, 3.05) is 5.32 Å². The zero-order valence-electron chi connectivity index (χ0n) is 21.5. The number of aromatic nitrogens is 6. The summed E-state index contributed by atoms with van der Waals surface area (Å²) in [5, 5.41) is 11.9. The minimum atomic E-state index is 0.0829. The number of pyridine rings is 3. The molecule has 7 rings (SSSR count). The predicted molar refractivity (Wildman–Crippen MR) is 155 cm³/mol. The van der Waals surface area contributed by atoms with Crippen molar-refractivity contribution in [2.45, 2.75) is 39.0 Å². The number of amides is 1. The van der Waals surface area contributed by atoms with Crippen molar-refractivity contribution in [2.24, 2.45) is 5.92 Å². The normalized spacial score (nSPS) is 14.3. The van der Waals surface area contributed by atoms with E-state index in [2.05, 4.69) is 55.6 Å². The fourth-order valence-corrected chi connectivity index (χ4v) is 6.35. The lowest BCUT2D eigenvalue weighted by molar-refractivity contribution is -0.120. The van der Waals surface area contributed by atoms with Crippen molar-refractivity contribution in [3.8, 4) is 33.1 Å². The fraction of sp³-hybridized carbons (Fsp3) is 0.233. The van der Waals surface area contributed by atoms with Crippen LogP contribution in [0.25, 0.3) is 55.0 Å². The predicted octanol–water partition coefficient (Wildman–Crippen LogP) is 7.12. The van der Waals surface area contributed by atoms with E-state index in [4.69, 9.17) is 4.98 Å². The van der Waals surface area contributed by atoms with E-state index in [0.29, 0.717) is 5.69 Å². The molecule has 0 radical (unpaired) electrons. The number of nitrogens with zero attached hydrogens (tertiary/aromatic N) is 4. The number of nitrogens with one attached hydrogen (secondary N) is 3. The number of carbonyl (C=O) groups is 1. The van der Waals surface area contributed by atoms with Crippen LogP contribution < -0.4 is 5.32 Å². The highest BCUT2D eigenvalue weighted by Gasteiger charge is 2.21. The molecule has 6 heterocycles. The van der Waals surface area contributed by atoms with Crippen LogP contribution in [0.3, 0.4) is 0 Å². The molecule has 6 aromatic heterocycles. The van der Waals surface area contributed by atoms with Gasteiger partial charge in [0, 0.05) is 44.6 Å². The number of fused-ring (bicyclic) bond motifs is 2. The van der Waals surface area contributed by atoms with E-state index in [1.165, 1.54) is 16.2 Å². The largest absolute Gasteiger partial charge is 0.352 e. The van der Waals surface area contributed by atoms with Crippen molar-refractivity contribution in [3.05, 3.63) is 66.1 Å². The van der Waals surface area contributed by atoms with E-state index < -0.39 is 0 Å². The summed E-state index contributed by atoms with van der Waals surface area (Å²) in [5.74, 6) is 0.167. The second-order valence-electron chi connectivity index (χ2n) is 10.2.